The minimum atomic E-state index is -1.76. The summed E-state index contributed by atoms with van der Waals surface area (Å²) in [6.07, 6.45) is 1.48. The lowest BCUT2D eigenvalue weighted by Crippen LogP contribution is -2.30. The first kappa shape index (κ1) is 14.0. The molecule has 7 heteroatoms. The van der Waals surface area contributed by atoms with Crippen LogP contribution in [0, 0.1) is 17.1 Å². The maximum atomic E-state index is 13.3. The van der Waals surface area contributed by atoms with E-state index in [1.165, 1.54) is 12.3 Å². The van der Waals surface area contributed by atoms with E-state index < -0.39 is 12.9 Å². The van der Waals surface area contributed by atoms with E-state index in [-0.39, 0.29) is 23.5 Å². The molecular formula is C13H10BFN2O3. The Morgan fingerprint density at radius 2 is 2.10 bits per heavy atom. The van der Waals surface area contributed by atoms with E-state index in [1.54, 1.807) is 12.1 Å². The lowest BCUT2D eigenvalue weighted by Gasteiger charge is -2.08. The monoisotopic (exact) mass is 272 g/mol. The molecule has 0 amide bonds. The Kier molecular flexibility index (Phi) is 4.30. The van der Waals surface area contributed by atoms with Gasteiger partial charge in [0, 0.05) is 12.3 Å². The van der Waals surface area contributed by atoms with Crippen LogP contribution in [0.3, 0.4) is 0 Å². The van der Waals surface area contributed by atoms with Crippen molar-refractivity contribution in [2.45, 2.75) is 6.61 Å². The van der Waals surface area contributed by atoms with E-state index in [0.717, 1.165) is 12.1 Å². The molecule has 0 aliphatic rings. The van der Waals surface area contributed by atoms with E-state index in [0.29, 0.717) is 5.56 Å². The lowest BCUT2D eigenvalue weighted by atomic mass is 9.80. The zero-order valence-electron chi connectivity index (χ0n) is 10.3. The maximum absolute atomic E-state index is 13.3. The number of pyridine rings is 1. The summed E-state index contributed by atoms with van der Waals surface area (Å²) in [5.74, 6) is -0.457. The Bertz CT molecular complexity index is 658. The summed E-state index contributed by atoms with van der Waals surface area (Å²) in [4.78, 5) is 3.82. The molecule has 0 unspecified atom stereocenters. The fourth-order valence-electron chi connectivity index (χ4n) is 1.61. The van der Waals surface area contributed by atoms with Gasteiger partial charge in [-0.1, -0.05) is 0 Å². The third kappa shape index (κ3) is 3.54. The van der Waals surface area contributed by atoms with Crippen LogP contribution < -0.4 is 10.2 Å². The van der Waals surface area contributed by atoms with Crippen LogP contribution in [0.2, 0.25) is 0 Å². The van der Waals surface area contributed by atoms with Crippen LogP contribution >= 0.6 is 0 Å². The lowest BCUT2D eigenvalue weighted by molar-refractivity contribution is 0.304. The highest BCUT2D eigenvalue weighted by atomic mass is 19.1. The van der Waals surface area contributed by atoms with E-state index in [2.05, 4.69) is 4.98 Å². The Labute approximate surface area is 115 Å². The van der Waals surface area contributed by atoms with E-state index in [4.69, 9.17) is 20.0 Å². The molecule has 0 saturated heterocycles. The number of aromatic nitrogens is 1. The van der Waals surface area contributed by atoms with Crippen molar-refractivity contribution in [1.29, 1.82) is 5.26 Å². The molecule has 0 spiro atoms. The molecule has 5 nitrogen and oxygen atoms in total. The van der Waals surface area contributed by atoms with E-state index in [1.807, 2.05) is 6.07 Å². The predicted octanol–water partition coefficient (Wildman–Crippen LogP) is 0.351. The number of rotatable bonds is 4. The van der Waals surface area contributed by atoms with E-state index in [9.17, 15) is 4.39 Å². The first-order valence-electron chi connectivity index (χ1n) is 5.73. The highest BCUT2D eigenvalue weighted by Crippen LogP contribution is 2.13. The summed E-state index contributed by atoms with van der Waals surface area (Å²) in [6, 6.07) is 8.61. The summed E-state index contributed by atoms with van der Waals surface area (Å²) in [5.41, 5.74) is 0.969. The molecule has 1 aromatic heterocycles. The third-order valence-electron chi connectivity index (χ3n) is 2.54. The van der Waals surface area contributed by atoms with Gasteiger partial charge >= 0.3 is 7.12 Å². The fourth-order valence-corrected chi connectivity index (χ4v) is 1.61. The molecule has 0 radical (unpaired) electrons. The zero-order chi connectivity index (χ0) is 14.5. The number of hydrogen-bond acceptors (Lipinski definition) is 5. The van der Waals surface area contributed by atoms with Crippen molar-refractivity contribution in [3.63, 3.8) is 0 Å². The first-order valence-corrected chi connectivity index (χ1v) is 5.73. The SMILES string of the molecule is N#Cc1cc(COc2cc(F)cc(B(O)O)c2)ccn1. The van der Waals surface area contributed by atoms with Gasteiger partial charge in [-0.2, -0.15) is 5.26 Å². The minimum absolute atomic E-state index is 0.00689. The van der Waals surface area contributed by atoms with Crippen LogP contribution in [-0.2, 0) is 6.61 Å². The second-order valence-corrected chi connectivity index (χ2v) is 4.04. The van der Waals surface area contributed by atoms with Crippen molar-refractivity contribution in [3.8, 4) is 11.8 Å². The number of hydrogen-bond donors (Lipinski definition) is 2. The van der Waals surface area contributed by atoms with Gasteiger partial charge in [0.05, 0.1) is 0 Å². The van der Waals surface area contributed by atoms with Crippen LogP contribution in [0.4, 0.5) is 4.39 Å². The largest absolute Gasteiger partial charge is 0.489 e. The molecule has 2 rings (SSSR count). The topological polar surface area (TPSA) is 86.4 Å². The molecule has 0 atom stereocenters. The van der Waals surface area contributed by atoms with Gasteiger partial charge in [0.25, 0.3) is 0 Å². The molecule has 0 saturated carbocycles. The molecule has 0 fully saturated rings. The van der Waals surface area contributed by atoms with Crippen molar-refractivity contribution < 1.29 is 19.2 Å². The molecule has 100 valence electrons. The van der Waals surface area contributed by atoms with Gasteiger partial charge < -0.3 is 14.8 Å². The number of nitrogens with zero attached hydrogens (tertiary/aromatic N) is 2. The maximum Gasteiger partial charge on any atom is 0.488 e. The van der Waals surface area contributed by atoms with Gasteiger partial charge in [-0.3, -0.25) is 0 Å². The average Bonchev–Trinajstić information content (AvgIpc) is 2.44. The minimum Gasteiger partial charge on any atom is -0.489 e. The first-order chi connectivity index (χ1) is 9.58. The normalized spacial score (nSPS) is 9.90. The standard InChI is InChI=1S/C13H10BFN2O3/c15-11-4-10(14(18)19)5-13(6-11)20-8-9-1-2-17-12(3-9)7-16/h1-6,18-19H,8H2. The Hall–Kier alpha value is -2.43. The molecule has 1 heterocycles. The van der Waals surface area contributed by atoms with Crippen LogP contribution in [-0.4, -0.2) is 22.2 Å². The summed E-state index contributed by atoms with van der Waals surface area (Å²) < 4.78 is 18.6. The van der Waals surface area contributed by atoms with Crippen molar-refractivity contribution in [2.24, 2.45) is 0 Å². The summed E-state index contributed by atoms with van der Waals surface area (Å²) in [7, 11) is -1.76. The van der Waals surface area contributed by atoms with Crippen molar-refractivity contribution >= 4 is 12.6 Å². The van der Waals surface area contributed by atoms with Crippen molar-refractivity contribution in [3.05, 3.63) is 53.6 Å². The number of halogens is 1. The smallest absolute Gasteiger partial charge is 0.488 e. The van der Waals surface area contributed by atoms with Crippen molar-refractivity contribution in [1.82, 2.24) is 4.98 Å². The van der Waals surface area contributed by atoms with Crippen molar-refractivity contribution in [2.75, 3.05) is 0 Å². The van der Waals surface area contributed by atoms with E-state index >= 15 is 0 Å². The molecule has 0 aliphatic carbocycles. The quantitative estimate of drug-likeness (QED) is 0.784. The number of ether oxygens (including phenoxy) is 1. The second-order valence-electron chi connectivity index (χ2n) is 4.04. The summed E-state index contributed by atoms with van der Waals surface area (Å²) in [5, 5.41) is 26.8. The van der Waals surface area contributed by atoms with Crippen LogP contribution in [0.5, 0.6) is 5.75 Å². The van der Waals surface area contributed by atoms with Gasteiger partial charge in [0.2, 0.25) is 0 Å². The second kappa shape index (κ2) is 6.15. The average molecular weight is 272 g/mol. The van der Waals surface area contributed by atoms with Gasteiger partial charge in [-0.15, -0.1) is 0 Å². The molecule has 0 aliphatic heterocycles. The molecular weight excluding hydrogens is 262 g/mol. The van der Waals surface area contributed by atoms with Gasteiger partial charge in [0.1, 0.15) is 29.9 Å². The highest BCUT2D eigenvalue weighted by molar-refractivity contribution is 6.58. The predicted molar refractivity (Wildman–Crippen MR) is 69.5 cm³/mol. The third-order valence-corrected chi connectivity index (χ3v) is 2.54. The van der Waals surface area contributed by atoms with Crippen LogP contribution in [0.1, 0.15) is 11.3 Å². The Morgan fingerprint density at radius 3 is 2.80 bits per heavy atom. The Balaban J connectivity index is 2.12. The molecule has 2 aromatic rings. The zero-order valence-corrected chi connectivity index (χ0v) is 10.3. The highest BCUT2D eigenvalue weighted by Gasteiger charge is 2.13. The Morgan fingerprint density at radius 1 is 1.30 bits per heavy atom. The van der Waals surface area contributed by atoms with Gasteiger partial charge in [0.15, 0.2) is 0 Å². The molecule has 20 heavy (non-hydrogen) atoms. The van der Waals surface area contributed by atoms with Gasteiger partial charge in [-0.05, 0) is 35.3 Å². The molecule has 1 aromatic carbocycles. The number of benzene rings is 1. The molecule has 2 N–H and O–H groups in total. The summed E-state index contributed by atoms with van der Waals surface area (Å²) >= 11 is 0. The molecule has 0 bridgehead atoms. The fraction of sp³-hybridized carbons (Fsp3) is 0.0769. The van der Waals surface area contributed by atoms with Crippen LogP contribution in [0.15, 0.2) is 36.5 Å². The number of nitriles is 1. The summed E-state index contributed by atoms with van der Waals surface area (Å²) in [6.45, 7) is 0.113. The van der Waals surface area contributed by atoms with Crippen LogP contribution in [0.25, 0.3) is 0 Å². The van der Waals surface area contributed by atoms with Gasteiger partial charge in [-0.25, -0.2) is 9.37 Å².